The van der Waals surface area contributed by atoms with E-state index >= 15 is 0 Å². The van der Waals surface area contributed by atoms with Crippen LogP contribution in [0.1, 0.15) is 5.56 Å². The van der Waals surface area contributed by atoms with Crippen LogP contribution in [0.4, 0.5) is 10.2 Å². The van der Waals surface area contributed by atoms with Gasteiger partial charge in [-0.05, 0) is 41.0 Å². The zero-order valence-corrected chi connectivity index (χ0v) is 7.49. The smallest absolute Gasteiger partial charge is 0.196 e. The Kier molecular flexibility index (Phi) is 1.92. The van der Waals surface area contributed by atoms with Gasteiger partial charge >= 0.3 is 0 Å². The summed E-state index contributed by atoms with van der Waals surface area (Å²) in [6, 6.07) is 4.59. The predicted molar refractivity (Wildman–Crippen MR) is 48.8 cm³/mol. The molecule has 72 valence electrons. The van der Waals surface area contributed by atoms with Crippen molar-refractivity contribution in [2.45, 2.75) is 6.92 Å². The van der Waals surface area contributed by atoms with Gasteiger partial charge in [-0.25, -0.2) is 9.02 Å². The molecule has 0 radical (unpaired) electrons. The minimum absolute atomic E-state index is 0.205. The third-order valence-corrected chi connectivity index (χ3v) is 1.95. The molecule has 4 nitrogen and oxygen atoms in total. The number of nitrogens with two attached hydrogens (primary N) is 1. The van der Waals surface area contributed by atoms with E-state index < -0.39 is 0 Å². The molecule has 0 aliphatic heterocycles. The van der Waals surface area contributed by atoms with E-state index in [1.54, 1.807) is 19.1 Å². The van der Waals surface area contributed by atoms with Gasteiger partial charge in [-0.2, -0.15) is 0 Å². The first-order valence-electron chi connectivity index (χ1n) is 4.03. The minimum atomic E-state index is -0.260. The first-order valence-corrected chi connectivity index (χ1v) is 4.03. The molecule has 0 aliphatic carbocycles. The van der Waals surface area contributed by atoms with Crippen LogP contribution in [-0.2, 0) is 0 Å². The van der Waals surface area contributed by atoms with Gasteiger partial charge in [-0.1, -0.05) is 0 Å². The van der Waals surface area contributed by atoms with Crippen molar-refractivity contribution in [2.75, 3.05) is 5.73 Å². The van der Waals surface area contributed by atoms with Gasteiger partial charge in [0.15, 0.2) is 11.5 Å². The molecule has 0 unspecified atom stereocenters. The summed E-state index contributed by atoms with van der Waals surface area (Å²) in [6.45, 7) is 1.67. The van der Waals surface area contributed by atoms with Crippen LogP contribution in [0.3, 0.4) is 0 Å². The molecule has 0 saturated carbocycles. The Bertz CT molecular complexity index is 467. The lowest BCUT2D eigenvalue weighted by atomic mass is 10.1. The average Bonchev–Trinajstić information content (AvgIpc) is 2.57. The summed E-state index contributed by atoms with van der Waals surface area (Å²) in [4.78, 5) is 0. The van der Waals surface area contributed by atoms with E-state index in [9.17, 15) is 4.39 Å². The minimum Gasteiger partial charge on any atom is -0.379 e. The van der Waals surface area contributed by atoms with Crippen molar-refractivity contribution in [1.82, 2.24) is 10.3 Å². The molecule has 1 aromatic heterocycles. The topological polar surface area (TPSA) is 64.9 Å². The SMILES string of the molecule is Cc1cc(-c2nonc2N)ccc1F. The Hall–Kier alpha value is -1.91. The third kappa shape index (κ3) is 1.32. The van der Waals surface area contributed by atoms with Gasteiger partial charge in [0.25, 0.3) is 0 Å². The normalized spacial score (nSPS) is 10.4. The monoisotopic (exact) mass is 193 g/mol. The van der Waals surface area contributed by atoms with Gasteiger partial charge in [-0.3, -0.25) is 0 Å². The maximum atomic E-state index is 13.0. The molecule has 0 fully saturated rings. The summed E-state index contributed by atoms with van der Waals surface area (Å²) in [6.07, 6.45) is 0. The fourth-order valence-corrected chi connectivity index (χ4v) is 1.19. The van der Waals surface area contributed by atoms with Crippen molar-refractivity contribution in [1.29, 1.82) is 0 Å². The van der Waals surface area contributed by atoms with Crippen LogP contribution in [-0.4, -0.2) is 10.3 Å². The highest BCUT2D eigenvalue weighted by Gasteiger charge is 2.09. The molecular formula is C9H8FN3O. The van der Waals surface area contributed by atoms with Crippen molar-refractivity contribution >= 4 is 5.82 Å². The molecule has 0 spiro atoms. The van der Waals surface area contributed by atoms with Crippen LogP contribution < -0.4 is 5.73 Å². The molecule has 2 aromatic rings. The molecule has 5 heteroatoms. The van der Waals surface area contributed by atoms with Crippen LogP contribution in [0, 0.1) is 12.7 Å². The fraction of sp³-hybridized carbons (Fsp3) is 0.111. The van der Waals surface area contributed by atoms with Gasteiger partial charge in [0.2, 0.25) is 0 Å². The largest absolute Gasteiger partial charge is 0.379 e. The number of anilines is 1. The molecule has 2 rings (SSSR count). The van der Waals surface area contributed by atoms with Crippen molar-refractivity contribution in [3.05, 3.63) is 29.6 Å². The second-order valence-corrected chi connectivity index (χ2v) is 2.96. The summed E-state index contributed by atoms with van der Waals surface area (Å²) >= 11 is 0. The lowest BCUT2D eigenvalue weighted by Crippen LogP contribution is -1.90. The zero-order chi connectivity index (χ0) is 10.1. The number of halogens is 1. The highest BCUT2D eigenvalue weighted by molar-refractivity contribution is 5.69. The van der Waals surface area contributed by atoms with Crippen LogP contribution in [0.25, 0.3) is 11.3 Å². The molecule has 0 saturated heterocycles. The van der Waals surface area contributed by atoms with Gasteiger partial charge in [0.05, 0.1) is 0 Å². The molecule has 0 bridgehead atoms. The molecule has 2 N–H and O–H groups in total. The number of hydrogen-bond acceptors (Lipinski definition) is 4. The molecule has 0 aliphatic rings. The van der Waals surface area contributed by atoms with Crippen molar-refractivity contribution in [2.24, 2.45) is 0 Å². The number of aromatic nitrogens is 2. The predicted octanol–water partition coefficient (Wildman–Crippen LogP) is 1.77. The van der Waals surface area contributed by atoms with E-state index in [0.29, 0.717) is 16.8 Å². The van der Waals surface area contributed by atoms with Gasteiger partial charge in [0, 0.05) is 5.56 Å². The number of nitrogen functional groups attached to an aromatic ring is 1. The zero-order valence-electron chi connectivity index (χ0n) is 7.49. The van der Waals surface area contributed by atoms with E-state index in [0.717, 1.165) is 0 Å². The van der Waals surface area contributed by atoms with Crippen molar-refractivity contribution in [3.8, 4) is 11.3 Å². The van der Waals surface area contributed by atoms with Gasteiger partial charge in [0.1, 0.15) is 5.82 Å². The number of benzene rings is 1. The Morgan fingerprint density at radius 3 is 2.71 bits per heavy atom. The molecule has 0 amide bonds. The quantitative estimate of drug-likeness (QED) is 0.749. The Morgan fingerprint density at radius 1 is 1.36 bits per heavy atom. The Balaban J connectivity index is 2.53. The summed E-state index contributed by atoms with van der Waals surface area (Å²) in [5.41, 5.74) is 7.17. The summed E-state index contributed by atoms with van der Waals surface area (Å²) in [5.74, 6) is -0.0558. The second kappa shape index (κ2) is 3.10. The Labute approximate surface area is 79.5 Å². The molecule has 0 atom stereocenters. The number of aryl methyl sites for hydroxylation is 1. The molecule has 1 heterocycles. The standard InChI is InChI=1S/C9H8FN3O/c1-5-4-6(2-3-7(5)10)8-9(11)13-14-12-8/h2-4H,1H3,(H2,11,13). The number of hydrogen-bond donors (Lipinski definition) is 1. The highest BCUT2D eigenvalue weighted by Crippen LogP contribution is 2.23. The van der Waals surface area contributed by atoms with E-state index in [1.165, 1.54) is 6.07 Å². The highest BCUT2D eigenvalue weighted by atomic mass is 19.1. The molecular weight excluding hydrogens is 185 g/mol. The number of nitrogens with zero attached hydrogens (tertiary/aromatic N) is 2. The van der Waals surface area contributed by atoms with Crippen LogP contribution in [0.5, 0.6) is 0 Å². The maximum absolute atomic E-state index is 13.0. The first-order chi connectivity index (χ1) is 6.68. The van der Waals surface area contributed by atoms with Gasteiger partial charge < -0.3 is 5.73 Å². The van der Waals surface area contributed by atoms with E-state index in [1.807, 2.05) is 0 Å². The van der Waals surface area contributed by atoms with Crippen LogP contribution in [0.2, 0.25) is 0 Å². The van der Waals surface area contributed by atoms with E-state index in [-0.39, 0.29) is 11.6 Å². The van der Waals surface area contributed by atoms with Crippen molar-refractivity contribution < 1.29 is 9.02 Å². The first kappa shape index (κ1) is 8.68. The second-order valence-electron chi connectivity index (χ2n) is 2.96. The van der Waals surface area contributed by atoms with Crippen LogP contribution >= 0.6 is 0 Å². The van der Waals surface area contributed by atoms with Crippen molar-refractivity contribution in [3.63, 3.8) is 0 Å². The van der Waals surface area contributed by atoms with Crippen LogP contribution in [0.15, 0.2) is 22.8 Å². The summed E-state index contributed by atoms with van der Waals surface area (Å²) in [7, 11) is 0. The lowest BCUT2D eigenvalue weighted by Gasteiger charge is -1.99. The van der Waals surface area contributed by atoms with Gasteiger partial charge in [-0.15, -0.1) is 0 Å². The van der Waals surface area contributed by atoms with E-state index in [4.69, 9.17) is 5.73 Å². The third-order valence-electron chi connectivity index (χ3n) is 1.95. The molecule has 1 aromatic carbocycles. The average molecular weight is 193 g/mol. The summed E-state index contributed by atoms with van der Waals surface area (Å²) < 4.78 is 17.4. The van der Waals surface area contributed by atoms with E-state index in [2.05, 4.69) is 14.9 Å². The maximum Gasteiger partial charge on any atom is 0.196 e. The fourth-order valence-electron chi connectivity index (χ4n) is 1.19. The Morgan fingerprint density at radius 2 is 2.14 bits per heavy atom. The molecule has 14 heavy (non-hydrogen) atoms. The number of rotatable bonds is 1. The summed E-state index contributed by atoms with van der Waals surface area (Å²) in [5, 5.41) is 7.07. The lowest BCUT2D eigenvalue weighted by molar-refractivity contribution is 0.310.